The van der Waals surface area contributed by atoms with Crippen molar-refractivity contribution in [3.05, 3.63) is 81.8 Å². The molecule has 4 nitrogen and oxygen atoms in total. The van der Waals surface area contributed by atoms with Gasteiger partial charge in [0.05, 0.1) is 10.6 Å². The van der Waals surface area contributed by atoms with Crippen LogP contribution in [0.1, 0.15) is 40.4 Å². The summed E-state index contributed by atoms with van der Waals surface area (Å²) in [5, 5.41) is 8.08. The number of rotatable bonds is 5. The van der Waals surface area contributed by atoms with Crippen LogP contribution >= 0.6 is 11.8 Å². The maximum absolute atomic E-state index is 12.8. The van der Waals surface area contributed by atoms with E-state index >= 15 is 0 Å². The van der Waals surface area contributed by atoms with Gasteiger partial charge in [-0.1, -0.05) is 61.0 Å². The Morgan fingerprint density at radius 1 is 1.11 bits per heavy atom. The van der Waals surface area contributed by atoms with Crippen molar-refractivity contribution in [2.45, 2.75) is 26.7 Å². The molecule has 1 N–H and O–H groups in total. The molecule has 0 unspecified atom stereocenters. The molecular weight excluding hydrogens is 366 g/mol. The zero-order valence-corrected chi connectivity index (χ0v) is 16.9. The number of benzene rings is 2. The average molecular weight is 390 g/mol. The molecule has 0 saturated heterocycles. The molecule has 0 fully saturated rings. The molecule has 0 saturated carbocycles. The van der Waals surface area contributed by atoms with E-state index in [4.69, 9.17) is 10.4 Å². The smallest absolute Gasteiger partial charge is 0.200 e. The molecule has 0 radical (unpaired) electrons. The van der Waals surface area contributed by atoms with E-state index in [9.17, 15) is 4.79 Å². The van der Waals surface area contributed by atoms with Crippen molar-refractivity contribution in [2.75, 3.05) is 6.54 Å². The van der Waals surface area contributed by atoms with Gasteiger partial charge in [-0.2, -0.15) is 0 Å². The van der Waals surface area contributed by atoms with Crippen LogP contribution in [-0.2, 0) is 6.42 Å². The predicted octanol–water partition coefficient (Wildman–Crippen LogP) is 5.26. The van der Waals surface area contributed by atoms with E-state index in [0.29, 0.717) is 17.0 Å². The summed E-state index contributed by atoms with van der Waals surface area (Å²) in [5.74, 6) is -0.0745. The lowest BCUT2D eigenvalue weighted by atomic mass is 9.94. The van der Waals surface area contributed by atoms with Gasteiger partial charge in [-0.05, 0) is 43.2 Å². The van der Waals surface area contributed by atoms with Crippen LogP contribution in [0.4, 0.5) is 0 Å². The lowest BCUT2D eigenvalue weighted by molar-refractivity contribution is 0.104. The van der Waals surface area contributed by atoms with Crippen molar-refractivity contribution in [1.82, 2.24) is 0 Å². The van der Waals surface area contributed by atoms with E-state index in [1.807, 2.05) is 31.2 Å². The SMILES string of the molecule is CCC=NC(=N)SC1=CC(=NCCc2ccc(C)cc2)c2ccccc2C1=O. The summed E-state index contributed by atoms with van der Waals surface area (Å²) >= 11 is 1.08. The van der Waals surface area contributed by atoms with Gasteiger partial charge in [-0.3, -0.25) is 15.2 Å². The van der Waals surface area contributed by atoms with Gasteiger partial charge in [0, 0.05) is 23.9 Å². The monoisotopic (exact) mass is 389 g/mol. The van der Waals surface area contributed by atoms with E-state index in [-0.39, 0.29) is 11.0 Å². The third-order valence-corrected chi connectivity index (χ3v) is 5.16. The van der Waals surface area contributed by atoms with E-state index in [0.717, 1.165) is 35.9 Å². The van der Waals surface area contributed by atoms with Crippen molar-refractivity contribution in [3.63, 3.8) is 0 Å². The van der Waals surface area contributed by atoms with Crippen LogP contribution in [-0.4, -0.2) is 29.4 Å². The minimum Gasteiger partial charge on any atom is -0.288 e. The van der Waals surface area contributed by atoms with Crippen LogP contribution in [0.2, 0.25) is 0 Å². The number of Topliss-reactive ketones (excluding diaryl/α,β-unsaturated/α-hetero) is 1. The first kappa shape index (κ1) is 20.0. The number of carbonyl (C=O) groups is 1. The third kappa shape index (κ3) is 4.93. The molecule has 3 rings (SSSR count). The first-order valence-corrected chi connectivity index (χ1v) is 10.1. The highest BCUT2D eigenvalue weighted by molar-refractivity contribution is 8.17. The molecule has 0 amide bonds. The standard InChI is InChI=1S/C23H23N3OS/c1-3-13-26-23(24)28-21-15-20(18-6-4-5-7-19(18)22(21)27)25-14-12-17-10-8-16(2)9-11-17/h4-11,13,15,24H,3,12,14H2,1-2H3. The fourth-order valence-electron chi connectivity index (χ4n) is 2.88. The van der Waals surface area contributed by atoms with Gasteiger partial charge in [0.25, 0.3) is 0 Å². The number of nitrogens with one attached hydrogen (secondary N) is 1. The topological polar surface area (TPSA) is 65.6 Å². The van der Waals surface area contributed by atoms with Gasteiger partial charge >= 0.3 is 0 Å². The number of hydrogen-bond donors (Lipinski definition) is 1. The van der Waals surface area contributed by atoms with Gasteiger partial charge in [-0.15, -0.1) is 0 Å². The first-order chi connectivity index (χ1) is 13.6. The van der Waals surface area contributed by atoms with Crippen molar-refractivity contribution in [2.24, 2.45) is 9.98 Å². The van der Waals surface area contributed by atoms with Crippen LogP contribution in [0.5, 0.6) is 0 Å². The number of carbonyl (C=O) groups excluding carboxylic acids is 1. The van der Waals surface area contributed by atoms with Crippen molar-refractivity contribution in [1.29, 1.82) is 5.41 Å². The Hall–Kier alpha value is -2.79. The number of fused-ring (bicyclic) bond motifs is 1. The molecular formula is C23H23N3OS. The molecule has 28 heavy (non-hydrogen) atoms. The Morgan fingerprint density at radius 2 is 1.82 bits per heavy atom. The number of nitrogens with zero attached hydrogens (tertiary/aromatic N) is 2. The number of aryl methyl sites for hydroxylation is 1. The third-order valence-electron chi connectivity index (χ3n) is 4.34. The fourth-order valence-corrected chi connectivity index (χ4v) is 3.58. The summed E-state index contributed by atoms with van der Waals surface area (Å²) in [6, 6.07) is 16.0. The zero-order chi connectivity index (χ0) is 19.9. The number of ketones is 1. The normalized spacial score (nSPS) is 15.0. The molecule has 1 aliphatic rings. The lowest BCUT2D eigenvalue weighted by Gasteiger charge is -2.16. The molecule has 0 aromatic heterocycles. The summed E-state index contributed by atoms with van der Waals surface area (Å²) < 4.78 is 0. The van der Waals surface area contributed by atoms with Gasteiger partial charge in [-0.25, -0.2) is 4.99 Å². The predicted molar refractivity (Wildman–Crippen MR) is 119 cm³/mol. The summed E-state index contributed by atoms with van der Waals surface area (Å²) in [4.78, 5) is 22.1. The minimum absolute atomic E-state index is 0.0745. The van der Waals surface area contributed by atoms with Crippen LogP contribution < -0.4 is 0 Å². The van der Waals surface area contributed by atoms with Crippen LogP contribution in [0.3, 0.4) is 0 Å². The van der Waals surface area contributed by atoms with Crippen LogP contribution in [0.15, 0.2) is 69.5 Å². The lowest BCUT2D eigenvalue weighted by Crippen LogP contribution is -2.17. The van der Waals surface area contributed by atoms with Crippen LogP contribution in [0, 0.1) is 12.3 Å². The molecule has 1 aliphatic carbocycles. The van der Waals surface area contributed by atoms with Gasteiger partial charge in [0.1, 0.15) is 0 Å². The number of allylic oxidation sites excluding steroid dienone is 2. The maximum atomic E-state index is 12.8. The summed E-state index contributed by atoms with van der Waals surface area (Å²) in [6.07, 6.45) is 5.06. The van der Waals surface area contributed by atoms with Gasteiger partial charge < -0.3 is 0 Å². The molecule has 2 aromatic carbocycles. The summed E-state index contributed by atoms with van der Waals surface area (Å²) in [5.41, 5.74) is 4.76. The number of hydrogen-bond acceptors (Lipinski definition) is 4. The Labute approximate surface area is 170 Å². The number of amidine groups is 1. The Kier molecular flexibility index (Phi) is 6.71. The highest BCUT2D eigenvalue weighted by Crippen LogP contribution is 2.29. The minimum atomic E-state index is -0.0745. The van der Waals surface area contributed by atoms with Gasteiger partial charge in [0.2, 0.25) is 5.78 Å². The van der Waals surface area contributed by atoms with Gasteiger partial charge in [0.15, 0.2) is 5.17 Å². The molecule has 2 aromatic rings. The fraction of sp³-hybridized carbons (Fsp3) is 0.217. The Morgan fingerprint density at radius 3 is 2.54 bits per heavy atom. The van der Waals surface area contributed by atoms with Crippen molar-refractivity contribution >= 4 is 34.6 Å². The largest absolute Gasteiger partial charge is 0.288 e. The number of aliphatic imine (C=N–C) groups is 2. The summed E-state index contributed by atoms with van der Waals surface area (Å²) in [7, 11) is 0. The molecule has 0 aliphatic heterocycles. The molecule has 0 heterocycles. The van der Waals surface area contributed by atoms with Crippen LogP contribution in [0.25, 0.3) is 0 Å². The summed E-state index contributed by atoms with van der Waals surface area (Å²) in [6.45, 7) is 4.68. The maximum Gasteiger partial charge on any atom is 0.200 e. The second-order valence-corrected chi connectivity index (χ2v) is 7.54. The molecule has 0 atom stereocenters. The van der Waals surface area contributed by atoms with E-state index in [1.54, 1.807) is 12.3 Å². The number of thioether (sulfide) groups is 1. The quantitative estimate of drug-likeness (QED) is 0.560. The average Bonchev–Trinajstić information content (AvgIpc) is 2.71. The Balaban J connectivity index is 1.83. The first-order valence-electron chi connectivity index (χ1n) is 9.33. The molecule has 0 bridgehead atoms. The second-order valence-electron chi connectivity index (χ2n) is 6.51. The van der Waals surface area contributed by atoms with Crippen molar-refractivity contribution < 1.29 is 4.79 Å². The van der Waals surface area contributed by atoms with E-state index < -0.39 is 0 Å². The van der Waals surface area contributed by atoms with E-state index in [2.05, 4.69) is 36.2 Å². The van der Waals surface area contributed by atoms with E-state index in [1.165, 1.54) is 11.1 Å². The molecule has 5 heteroatoms. The second kappa shape index (κ2) is 9.42. The molecule has 142 valence electrons. The molecule has 0 spiro atoms. The highest BCUT2D eigenvalue weighted by atomic mass is 32.2. The highest BCUT2D eigenvalue weighted by Gasteiger charge is 2.25. The zero-order valence-electron chi connectivity index (χ0n) is 16.1. The Bertz CT molecular complexity index is 972. The van der Waals surface area contributed by atoms with Crippen molar-refractivity contribution in [3.8, 4) is 0 Å².